The predicted octanol–water partition coefficient (Wildman–Crippen LogP) is 4.47. The first-order chi connectivity index (χ1) is 16.2. The Morgan fingerprint density at radius 1 is 0.824 bits per heavy atom. The highest BCUT2D eigenvalue weighted by atomic mass is 32.2. The largest absolute Gasteiger partial charge is 0.466 e. The van der Waals surface area contributed by atoms with Crippen LogP contribution in [0.15, 0.2) is 77.7 Å². The number of benzene rings is 3. The average molecular weight is 481 g/mol. The molecule has 0 atom stereocenters. The lowest BCUT2D eigenvalue weighted by Gasteiger charge is -2.09. The summed E-state index contributed by atoms with van der Waals surface area (Å²) in [6, 6.07) is 20.6. The van der Waals surface area contributed by atoms with Crippen LogP contribution in [0.5, 0.6) is 0 Å². The van der Waals surface area contributed by atoms with E-state index in [4.69, 9.17) is 4.74 Å². The number of aryl methyl sites for hydroxylation is 2. The second kappa shape index (κ2) is 11.5. The van der Waals surface area contributed by atoms with Gasteiger partial charge in [0.2, 0.25) is 5.91 Å². The summed E-state index contributed by atoms with van der Waals surface area (Å²) >= 11 is 0. The lowest BCUT2D eigenvalue weighted by molar-refractivity contribution is -0.142. The van der Waals surface area contributed by atoms with Gasteiger partial charge in [-0.2, -0.15) is 0 Å². The molecule has 0 unspecified atom stereocenters. The minimum Gasteiger partial charge on any atom is -0.466 e. The molecule has 1 amide bonds. The highest BCUT2D eigenvalue weighted by Crippen LogP contribution is 2.18. The van der Waals surface area contributed by atoms with E-state index < -0.39 is 10.0 Å². The van der Waals surface area contributed by atoms with Crippen molar-refractivity contribution in [3.63, 3.8) is 0 Å². The lowest BCUT2D eigenvalue weighted by Crippen LogP contribution is -2.13. The first-order valence-corrected chi connectivity index (χ1v) is 12.5. The second-order valence-corrected chi connectivity index (χ2v) is 9.52. The first-order valence-electron chi connectivity index (χ1n) is 11.0. The highest BCUT2D eigenvalue weighted by Gasteiger charge is 2.14. The van der Waals surface area contributed by atoms with Crippen molar-refractivity contribution in [3.8, 4) is 0 Å². The highest BCUT2D eigenvalue weighted by molar-refractivity contribution is 7.92. The minimum absolute atomic E-state index is 0.157. The molecule has 0 fully saturated rings. The predicted molar refractivity (Wildman–Crippen MR) is 132 cm³/mol. The quantitative estimate of drug-likeness (QED) is 0.417. The molecule has 3 aromatic carbocycles. The van der Waals surface area contributed by atoms with Crippen LogP contribution in [0.3, 0.4) is 0 Å². The van der Waals surface area contributed by atoms with Gasteiger partial charge < -0.3 is 10.1 Å². The summed E-state index contributed by atoms with van der Waals surface area (Å²) in [5.74, 6) is -0.445. The Kier molecular flexibility index (Phi) is 8.43. The third-order valence-electron chi connectivity index (χ3n) is 5.07. The molecule has 0 heterocycles. The molecular formula is C26H28N2O5S. The molecule has 8 heteroatoms. The molecule has 0 spiro atoms. The van der Waals surface area contributed by atoms with E-state index in [9.17, 15) is 18.0 Å². The number of amides is 1. The molecule has 0 aromatic heterocycles. The summed E-state index contributed by atoms with van der Waals surface area (Å²) in [7, 11) is -3.69. The van der Waals surface area contributed by atoms with E-state index in [0.29, 0.717) is 24.4 Å². The fourth-order valence-electron chi connectivity index (χ4n) is 3.24. The molecule has 7 nitrogen and oxygen atoms in total. The second-order valence-electron chi connectivity index (χ2n) is 7.84. The molecule has 34 heavy (non-hydrogen) atoms. The average Bonchev–Trinajstić information content (AvgIpc) is 2.81. The van der Waals surface area contributed by atoms with Crippen LogP contribution in [-0.4, -0.2) is 26.9 Å². The van der Waals surface area contributed by atoms with E-state index in [2.05, 4.69) is 10.0 Å². The maximum Gasteiger partial charge on any atom is 0.310 e. The van der Waals surface area contributed by atoms with Crippen LogP contribution in [0.1, 0.15) is 30.0 Å². The number of hydrogen-bond acceptors (Lipinski definition) is 5. The third kappa shape index (κ3) is 7.45. The van der Waals surface area contributed by atoms with Gasteiger partial charge in [-0.3, -0.25) is 14.3 Å². The van der Waals surface area contributed by atoms with Gasteiger partial charge in [0.25, 0.3) is 10.0 Å². The zero-order valence-corrected chi connectivity index (χ0v) is 20.0. The number of carbonyl (C=O) groups excluding carboxylic acids is 2. The molecule has 0 aliphatic heterocycles. The summed E-state index contributed by atoms with van der Waals surface area (Å²) in [5.41, 5.74) is 3.85. The van der Waals surface area contributed by atoms with Crippen LogP contribution in [0, 0.1) is 6.92 Å². The van der Waals surface area contributed by atoms with E-state index in [1.165, 1.54) is 12.1 Å². The Morgan fingerprint density at radius 2 is 1.41 bits per heavy atom. The molecule has 2 N–H and O–H groups in total. The van der Waals surface area contributed by atoms with E-state index in [1.807, 2.05) is 19.1 Å². The first kappa shape index (κ1) is 25.0. The van der Waals surface area contributed by atoms with Gasteiger partial charge in [0.05, 0.1) is 17.9 Å². The summed E-state index contributed by atoms with van der Waals surface area (Å²) in [4.78, 5) is 24.0. The zero-order valence-electron chi connectivity index (χ0n) is 19.2. The maximum atomic E-state index is 12.6. The van der Waals surface area contributed by atoms with Gasteiger partial charge in [-0.15, -0.1) is 0 Å². The van der Waals surface area contributed by atoms with Crippen LogP contribution >= 0.6 is 0 Å². The van der Waals surface area contributed by atoms with Crippen LogP contribution in [0.4, 0.5) is 11.4 Å². The summed E-state index contributed by atoms with van der Waals surface area (Å²) < 4.78 is 32.7. The number of hydrogen-bond donors (Lipinski definition) is 2. The van der Waals surface area contributed by atoms with Gasteiger partial charge in [0.15, 0.2) is 0 Å². The van der Waals surface area contributed by atoms with Crippen LogP contribution in [-0.2, 0) is 37.2 Å². The third-order valence-corrected chi connectivity index (χ3v) is 6.47. The number of carbonyl (C=O) groups is 2. The number of esters is 1. The number of anilines is 2. The van der Waals surface area contributed by atoms with Crippen molar-refractivity contribution >= 4 is 33.3 Å². The van der Waals surface area contributed by atoms with Gasteiger partial charge >= 0.3 is 5.97 Å². The van der Waals surface area contributed by atoms with Crippen molar-refractivity contribution in [1.82, 2.24) is 0 Å². The smallest absolute Gasteiger partial charge is 0.310 e. The van der Waals surface area contributed by atoms with E-state index in [1.54, 1.807) is 55.5 Å². The van der Waals surface area contributed by atoms with Crippen molar-refractivity contribution in [2.24, 2.45) is 0 Å². The SMILES string of the molecule is CCOC(=O)Cc1ccc(NC(=O)CCc2ccc(S(=O)(=O)Nc3ccc(C)cc3)cc2)cc1. The zero-order chi connectivity index (χ0) is 24.6. The summed E-state index contributed by atoms with van der Waals surface area (Å²) in [6.07, 6.45) is 0.908. The fraction of sp³-hybridized carbons (Fsp3) is 0.231. The summed E-state index contributed by atoms with van der Waals surface area (Å²) in [5, 5.41) is 2.82. The molecule has 3 rings (SSSR count). The van der Waals surface area contributed by atoms with Crippen molar-refractivity contribution in [1.29, 1.82) is 0 Å². The van der Waals surface area contributed by atoms with E-state index in [0.717, 1.165) is 16.7 Å². The van der Waals surface area contributed by atoms with Crippen molar-refractivity contribution in [3.05, 3.63) is 89.5 Å². The fourth-order valence-corrected chi connectivity index (χ4v) is 4.30. The minimum atomic E-state index is -3.69. The Balaban J connectivity index is 1.50. The van der Waals surface area contributed by atoms with Gasteiger partial charge in [-0.25, -0.2) is 8.42 Å². The van der Waals surface area contributed by atoms with E-state index in [-0.39, 0.29) is 29.6 Å². The topological polar surface area (TPSA) is 102 Å². The Hall–Kier alpha value is -3.65. The normalized spacial score (nSPS) is 11.0. The molecular weight excluding hydrogens is 452 g/mol. The van der Waals surface area contributed by atoms with Crippen LogP contribution in [0.2, 0.25) is 0 Å². The monoisotopic (exact) mass is 480 g/mol. The summed E-state index contributed by atoms with van der Waals surface area (Å²) in [6.45, 7) is 4.04. The molecule has 0 saturated carbocycles. The molecule has 3 aromatic rings. The molecule has 0 bridgehead atoms. The van der Waals surface area contributed by atoms with Crippen LogP contribution < -0.4 is 10.0 Å². The van der Waals surface area contributed by atoms with Crippen LogP contribution in [0.25, 0.3) is 0 Å². The lowest BCUT2D eigenvalue weighted by atomic mass is 10.1. The van der Waals surface area contributed by atoms with Gasteiger partial charge in [0.1, 0.15) is 0 Å². The number of sulfonamides is 1. The molecule has 178 valence electrons. The van der Waals surface area contributed by atoms with Gasteiger partial charge in [0, 0.05) is 17.8 Å². The van der Waals surface area contributed by atoms with Crippen molar-refractivity contribution < 1.29 is 22.7 Å². The number of nitrogens with one attached hydrogen (secondary N) is 2. The standard InChI is InChI=1S/C26H28N2O5S/c1-3-33-26(30)18-21-6-13-22(14-7-21)27-25(29)17-10-20-8-15-24(16-9-20)34(31,32)28-23-11-4-19(2)5-12-23/h4-9,11-16,28H,3,10,17-18H2,1-2H3,(H,27,29). The Morgan fingerprint density at radius 3 is 2.03 bits per heavy atom. The number of rotatable bonds is 10. The molecule has 0 aliphatic carbocycles. The molecule has 0 radical (unpaired) electrons. The van der Waals surface area contributed by atoms with Crippen molar-refractivity contribution in [2.45, 2.75) is 38.0 Å². The number of ether oxygens (including phenoxy) is 1. The van der Waals surface area contributed by atoms with E-state index >= 15 is 0 Å². The van der Waals surface area contributed by atoms with Gasteiger partial charge in [-0.05, 0) is 67.8 Å². The Bertz CT molecular complexity index is 1220. The van der Waals surface area contributed by atoms with Gasteiger partial charge in [-0.1, -0.05) is 42.0 Å². The van der Waals surface area contributed by atoms with Crippen molar-refractivity contribution in [2.75, 3.05) is 16.6 Å². The Labute approximate surface area is 200 Å². The maximum absolute atomic E-state index is 12.6. The molecule has 0 saturated heterocycles. The molecule has 0 aliphatic rings.